The van der Waals surface area contributed by atoms with Crippen LogP contribution in [0.1, 0.15) is 61.9 Å². The summed E-state index contributed by atoms with van der Waals surface area (Å²) in [5.41, 5.74) is 3.02. The predicted octanol–water partition coefficient (Wildman–Crippen LogP) is 4.61. The van der Waals surface area contributed by atoms with Crippen molar-refractivity contribution in [1.29, 1.82) is 5.26 Å². The maximum Gasteiger partial charge on any atom is 0.149 e. The number of nitriles is 1. The van der Waals surface area contributed by atoms with E-state index in [1.165, 1.54) is 6.07 Å². The summed E-state index contributed by atoms with van der Waals surface area (Å²) in [6, 6.07) is 5.66. The molecular weight excluding hydrogens is 296 g/mol. The maximum atomic E-state index is 14.2. The van der Waals surface area contributed by atoms with Gasteiger partial charge < -0.3 is 0 Å². The molecule has 1 unspecified atom stereocenters. The maximum absolute atomic E-state index is 14.2. The first-order valence-electron chi connectivity index (χ1n) is 7.97. The average Bonchev–Trinajstić information content (AvgIpc) is 2.91. The Balaban J connectivity index is 2.22. The highest BCUT2D eigenvalue weighted by Gasteiger charge is 2.30. The summed E-state index contributed by atoms with van der Waals surface area (Å²) in [6.07, 6.45) is 3.08. The number of hydrogen-bond donors (Lipinski definition) is 0. The Kier molecular flexibility index (Phi) is 4.16. The van der Waals surface area contributed by atoms with E-state index < -0.39 is 11.6 Å². The molecule has 3 rings (SSSR count). The van der Waals surface area contributed by atoms with Gasteiger partial charge >= 0.3 is 0 Å². The van der Waals surface area contributed by atoms with Crippen LogP contribution in [0.25, 0.3) is 5.69 Å². The van der Waals surface area contributed by atoms with Crippen LogP contribution >= 0.6 is 0 Å². The van der Waals surface area contributed by atoms with Gasteiger partial charge in [0.25, 0.3) is 0 Å². The lowest BCUT2D eigenvalue weighted by molar-refractivity contribution is 0.540. The Labute approximate surface area is 134 Å². The summed E-state index contributed by atoms with van der Waals surface area (Å²) < 4.78 is 29.3. The highest BCUT2D eigenvalue weighted by molar-refractivity contribution is 5.43. The Hall–Kier alpha value is -2.22. The zero-order valence-corrected chi connectivity index (χ0v) is 13.3. The normalized spacial score (nSPS) is 17.1. The van der Waals surface area contributed by atoms with E-state index in [4.69, 9.17) is 5.26 Å². The molecule has 3 nitrogen and oxygen atoms in total. The molecule has 0 saturated carbocycles. The van der Waals surface area contributed by atoms with Crippen LogP contribution in [0.4, 0.5) is 8.78 Å². The van der Waals surface area contributed by atoms with E-state index in [9.17, 15) is 8.78 Å². The van der Waals surface area contributed by atoms with E-state index in [1.54, 1.807) is 4.68 Å². The first-order valence-corrected chi connectivity index (χ1v) is 7.97. The molecule has 1 atom stereocenters. The van der Waals surface area contributed by atoms with Crippen LogP contribution in [0.5, 0.6) is 0 Å². The zero-order chi connectivity index (χ0) is 16.6. The number of hydrogen-bond acceptors (Lipinski definition) is 2. The minimum absolute atomic E-state index is 0.131. The van der Waals surface area contributed by atoms with Crippen LogP contribution in [-0.2, 0) is 6.42 Å². The molecule has 0 saturated heterocycles. The summed E-state index contributed by atoms with van der Waals surface area (Å²) >= 11 is 0. The molecule has 1 aliphatic carbocycles. The molecular formula is C18H19F2N3. The Morgan fingerprint density at radius 2 is 2.17 bits per heavy atom. The number of aromatic nitrogens is 2. The first-order chi connectivity index (χ1) is 11.0. The van der Waals surface area contributed by atoms with Crippen LogP contribution in [0.15, 0.2) is 18.2 Å². The minimum atomic E-state index is -0.491. The third-order valence-electron chi connectivity index (χ3n) is 4.45. The monoisotopic (exact) mass is 315 g/mol. The van der Waals surface area contributed by atoms with E-state index in [0.717, 1.165) is 48.3 Å². The molecule has 1 heterocycles. The fourth-order valence-electron chi connectivity index (χ4n) is 3.42. The predicted molar refractivity (Wildman–Crippen MR) is 83.5 cm³/mol. The van der Waals surface area contributed by atoms with Crippen molar-refractivity contribution in [3.63, 3.8) is 0 Å². The highest BCUT2D eigenvalue weighted by atomic mass is 19.1. The van der Waals surface area contributed by atoms with Crippen LogP contribution < -0.4 is 0 Å². The van der Waals surface area contributed by atoms with Crippen molar-refractivity contribution >= 4 is 0 Å². The van der Waals surface area contributed by atoms with Crippen LogP contribution in [0, 0.1) is 23.0 Å². The fraction of sp³-hybridized carbons (Fsp3) is 0.444. The summed E-state index contributed by atoms with van der Waals surface area (Å²) in [5.74, 6) is -0.678. The SMILES string of the molecule is CC(C)c1nn(-c2cc(F)ccc2F)c2c1C(CC#N)CCC2. The van der Waals surface area contributed by atoms with Crippen molar-refractivity contribution in [1.82, 2.24) is 9.78 Å². The number of fused-ring (bicyclic) bond motifs is 1. The summed E-state index contributed by atoms with van der Waals surface area (Å²) in [5, 5.41) is 13.7. The topological polar surface area (TPSA) is 41.6 Å². The molecule has 0 radical (unpaired) electrons. The van der Waals surface area contributed by atoms with E-state index in [-0.39, 0.29) is 17.5 Å². The zero-order valence-electron chi connectivity index (χ0n) is 13.3. The molecule has 0 fully saturated rings. The van der Waals surface area contributed by atoms with Crippen molar-refractivity contribution in [3.05, 3.63) is 46.8 Å². The third kappa shape index (κ3) is 2.74. The van der Waals surface area contributed by atoms with E-state index in [0.29, 0.717) is 6.42 Å². The number of benzene rings is 1. The lowest BCUT2D eigenvalue weighted by atomic mass is 9.81. The Morgan fingerprint density at radius 1 is 1.39 bits per heavy atom. The van der Waals surface area contributed by atoms with Crippen molar-refractivity contribution < 1.29 is 8.78 Å². The number of nitrogens with zero attached hydrogens (tertiary/aromatic N) is 3. The molecule has 120 valence electrons. The third-order valence-corrected chi connectivity index (χ3v) is 4.45. The van der Waals surface area contributed by atoms with Gasteiger partial charge in [0.15, 0.2) is 0 Å². The van der Waals surface area contributed by atoms with Crippen LogP contribution in [0.2, 0.25) is 0 Å². The summed E-state index contributed by atoms with van der Waals surface area (Å²) in [6.45, 7) is 4.07. The molecule has 0 spiro atoms. The van der Waals surface area contributed by atoms with Gasteiger partial charge in [-0.25, -0.2) is 13.5 Å². The smallest absolute Gasteiger partial charge is 0.149 e. The Morgan fingerprint density at radius 3 is 2.87 bits per heavy atom. The lowest BCUT2D eigenvalue weighted by Crippen LogP contribution is -2.13. The molecule has 0 amide bonds. The van der Waals surface area contributed by atoms with Crippen molar-refractivity contribution in [2.45, 2.75) is 51.4 Å². The molecule has 0 aliphatic heterocycles. The molecule has 0 N–H and O–H groups in total. The second-order valence-corrected chi connectivity index (χ2v) is 6.36. The number of rotatable bonds is 3. The van der Waals surface area contributed by atoms with Crippen LogP contribution in [0.3, 0.4) is 0 Å². The molecule has 2 aromatic rings. The van der Waals surface area contributed by atoms with Crippen molar-refractivity contribution in [2.75, 3.05) is 0 Å². The van der Waals surface area contributed by atoms with Crippen molar-refractivity contribution in [2.24, 2.45) is 0 Å². The van der Waals surface area contributed by atoms with Gasteiger partial charge in [0.2, 0.25) is 0 Å². The van der Waals surface area contributed by atoms with E-state index >= 15 is 0 Å². The van der Waals surface area contributed by atoms with Crippen molar-refractivity contribution in [3.8, 4) is 11.8 Å². The Bertz CT molecular complexity index is 771. The first kappa shape index (κ1) is 15.7. The van der Waals surface area contributed by atoms with Gasteiger partial charge in [-0.05, 0) is 37.3 Å². The van der Waals surface area contributed by atoms with Gasteiger partial charge in [-0.2, -0.15) is 10.4 Å². The highest BCUT2D eigenvalue weighted by Crippen LogP contribution is 2.39. The van der Waals surface area contributed by atoms with Gasteiger partial charge in [-0.3, -0.25) is 0 Å². The molecule has 1 aromatic carbocycles. The summed E-state index contributed by atoms with van der Waals surface area (Å²) in [7, 11) is 0. The van der Waals surface area contributed by atoms with Crippen LogP contribution in [-0.4, -0.2) is 9.78 Å². The quantitative estimate of drug-likeness (QED) is 0.830. The minimum Gasteiger partial charge on any atom is -0.234 e. The van der Waals surface area contributed by atoms with Gasteiger partial charge in [0.05, 0.1) is 11.8 Å². The second-order valence-electron chi connectivity index (χ2n) is 6.36. The largest absolute Gasteiger partial charge is 0.234 e. The van der Waals surface area contributed by atoms with E-state index in [2.05, 4.69) is 11.2 Å². The van der Waals surface area contributed by atoms with Gasteiger partial charge in [0, 0.05) is 29.7 Å². The van der Waals surface area contributed by atoms with E-state index in [1.807, 2.05) is 13.8 Å². The standard InChI is InChI=1S/C18H19F2N3/c1-11(2)18-17-12(8-9-21)4-3-5-15(17)23(22-18)16-10-13(19)6-7-14(16)20/h6-7,10-12H,3-5,8H2,1-2H3. The molecule has 0 bridgehead atoms. The average molecular weight is 315 g/mol. The molecule has 23 heavy (non-hydrogen) atoms. The fourth-order valence-corrected chi connectivity index (χ4v) is 3.42. The van der Waals surface area contributed by atoms with Gasteiger partial charge in [-0.1, -0.05) is 13.8 Å². The molecule has 5 heteroatoms. The molecule has 1 aromatic heterocycles. The molecule has 1 aliphatic rings. The summed E-state index contributed by atoms with van der Waals surface area (Å²) in [4.78, 5) is 0. The van der Waals surface area contributed by atoms with Gasteiger partial charge in [-0.15, -0.1) is 0 Å². The number of halogens is 2. The lowest BCUT2D eigenvalue weighted by Gasteiger charge is -2.22. The second kappa shape index (κ2) is 6.11. The van der Waals surface area contributed by atoms with Gasteiger partial charge in [0.1, 0.15) is 17.3 Å².